The van der Waals surface area contributed by atoms with Crippen LogP contribution in [0, 0.1) is 0 Å². The summed E-state index contributed by atoms with van der Waals surface area (Å²) in [6.45, 7) is 5.24. The number of aromatic nitrogens is 2. The van der Waals surface area contributed by atoms with Crippen molar-refractivity contribution in [1.29, 1.82) is 0 Å². The number of carboxylic acid groups (broad SMARTS) is 1. The highest BCUT2D eigenvalue weighted by molar-refractivity contribution is 5.69. The van der Waals surface area contributed by atoms with E-state index in [-0.39, 0.29) is 6.42 Å². The molecule has 5 heteroatoms. The van der Waals surface area contributed by atoms with Gasteiger partial charge in [0.2, 0.25) is 0 Å². The van der Waals surface area contributed by atoms with E-state index in [1.165, 1.54) is 0 Å². The Morgan fingerprint density at radius 3 is 3.00 bits per heavy atom. The summed E-state index contributed by atoms with van der Waals surface area (Å²) < 4.78 is 1.88. The van der Waals surface area contributed by atoms with Crippen LogP contribution in [0.1, 0.15) is 18.5 Å². The fraction of sp³-hybridized carbons (Fsp3) is 0.600. The van der Waals surface area contributed by atoms with Crippen LogP contribution in [0.25, 0.3) is 0 Å². The third-order valence-electron chi connectivity index (χ3n) is 2.77. The normalized spacial score (nSPS) is 17.7. The van der Waals surface area contributed by atoms with Crippen LogP contribution in [0.4, 0.5) is 0 Å². The molecular formula is C10H15N3O2. The molecular weight excluding hydrogens is 194 g/mol. The molecule has 0 unspecified atom stereocenters. The molecule has 82 valence electrons. The molecule has 1 aliphatic heterocycles. The van der Waals surface area contributed by atoms with Gasteiger partial charge >= 0.3 is 5.97 Å². The molecule has 1 saturated heterocycles. The van der Waals surface area contributed by atoms with E-state index in [1.807, 2.05) is 10.9 Å². The van der Waals surface area contributed by atoms with Gasteiger partial charge in [0.1, 0.15) is 0 Å². The van der Waals surface area contributed by atoms with E-state index in [1.54, 1.807) is 6.20 Å². The smallest absolute Gasteiger partial charge is 0.307 e. The van der Waals surface area contributed by atoms with Gasteiger partial charge in [0, 0.05) is 24.8 Å². The van der Waals surface area contributed by atoms with Gasteiger partial charge in [0.25, 0.3) is 0 Å². The lowest BCUT2D eigenvalue weighted by Crippen LogP contribution is -2.47. The number of hydrogen-bond acceptors (Lipinski definition) is 3. The Hall–Kier alpha value is -1.36. The molecule has 0 saturated carbocycles. The second-order valence-corrected chi connectivity index (χ2v) is 3.91. The lowest BCUT2D eigenvalue weighted by atomic mass is 10.1. The average molecular weight is 209 g/mol. The Morgan fingerprint density at radius 2 is 2.40 bits per heavy atom. The zero-order valence-corrected chi connectivity index (χ0v) is 8.76. The molecule has 1 aromatic heterocycles. The molecule has 15 heavy (non-hydrogen) atoms. The third kappa shape index (κ3) is 2.18. The van der Waals surface area contributed by atoms with Crippen LogP contribution in [-0.4, -0.2) is 45.4 Å². The number of hydrogen-bond donors (Lipinski definition) is 1. The number of likely N-dealkylation sites (N-methyl/N-ethyl adjacent to an activating group) is 1. The van der Waals surface area contributed by atoms with Crippen molar-refractivity contribution in [3.8, 4) is 0 Å². The van der Waals surface area contributed by atoms with Gasteiger partial charge in [-0.2, -0.15) is 5.10 Å². The molecule has 0 amide bonds. The molecule has 0 bridgehead atoms. The number of carbonyl (C=O) groups is 1. The summed E-state index contributed by atoms with van der Waals surface area (Å²) in [5.41, 5.74) is 0.775. The third-order valence-corrected chi connectivity index (χ3v) is 2.77. The van der Waals surface area contributed by atoms with Crippen LogP contribution in [0.15, 0.2) is 12.4 Å². The molecule has 1 N–H and O–H groups in total. The van der Waals surface area contributed by atoms with E-state index in [9.17, 15) is 4.79 Å². The highest BCUT2D eigenvalue weighted by atomic mass is 16.4. The molecule has 2 rings (SSSR count). The molecule has 1 aromatic rings. The quantitative estimate of drug-likeness (QED) is 0.779. The van der Waals surface area contributed by atoms with Crippen molar-refractivity contribution in [3.05, 3.63) is 18.0 Å². The summed E-state index contributed by atoms with van der Waals surface area (Å²) in [5, 5.41) is 12.8. The minimum absolute atomic E-state index is 0.0597. The second-order valence-electron chi connectivity index (χ2n) is 3.91. The van der Waals surface area contributed by atoms with Crippen LogP contribution in [-0.2, 0) is 11.2 Å². The van der Waals surface area contributed by atoms with Crippen LogP contribution >= 0.6 is 0 Å². The highest BCUT2D eigenvalue weighted by Gasteiger charge is 2.27. The predicted octanol–water partition coefficient (Wildman–Crippen LogP) is 0.387. The van der Waals surface area contributed by atoms with Crippen LogP contribution < -0.4 is 0 Å². The molecule has 0 aliphatic carbocycles. The van der Waals surface area contributed by atoms with Crippen molar-refractivity contribution in [2.45, 2.75) is 19.4 Å². The predicted molar refractivity (Wildman–Crippen MR) is 54.7 cm³/mol. The van der Waals surface area contributed by atoms with Gasteiger partial charge < -0.3 is 5.11 Å². The SMILES string of the molecule is CCN1CC(n2cc(CC(=O)O)cn2)C1. The van der Waals surface area contributed by atoms with Gasteiger partial charge in [-0.05, 0) is 6.54 Å². The molecule has 5 nitrogen and oxygen atoms in total. The maximum absolute atomic E-state index is 10.5. The Labute approximate surface area is 88.3 Å². The molecule has 0 spiro atoms. The fourth-order valence-electron chi connectivity index (χ4n) is 1.81. The fourth-order valence-corrected chi connectivity index (χ4v) is 1.81. The van der Waals surface area contributed by atoms with Crippen molar-refractivity contribution < 1.29 is 9.90 Å². The Balaban J connectivity index is 1.93. The molecule has 2 heterocycles. The number of likely N-dealkylation sites (tertiary alicyclic amines) is 1. The monoisotopic (exact) mass is 209 g/mol. The van der Waals surface area contributed by atoms with E-state index >= 15 is 0 Å². The zero-order valence-electron chi connectivity index (χ0n) is 8.76. The maximum atomic E-state index is 10.5. The van der Waals surface area contributed by atoms with Crippen LogP contribution in [0.3, 0.4) is 0 Å². The Kier molecular flexibility index (Phi) is 2.73. The molecule has 0 radical (unpaired) electrons. The Morgan fingerprint density at radius 1 is 1.67 bits per heavy atom. The number of aliphatic carboxylic acids is 1. The maximum Gasteiger partial charge on any atom is 0.307 e. The topological polar surface area (TPSA) is 58.4 Å². The standard InChI is InChI=1S/C10H15N3O2/c1-2-12-6-9(7-12)13-5-8(4-11-13)3-10(14)15/h4-5,9H,2-3,6-7H2,1H3,(H,14,15). The van der Waals surface area contributed by atoms with Gasteiger partial charge in [0.05, 0.1) is 18.7 Å². The number of carboxylic acids is 1. The van der Waals surface area contributed by atoms with Gasteiger partial charge in [-0.3, -0.25) is 14.4 Å². The van der Waals surface area contributed by atoms with Crippen molar-refractivity contribution in [1.82, 2.24) is 14.7 Å². The lowest BCUT2D eigenvalue weighted by Gasteiger charge is -2.38. The average Bonchev–Trinajstić information content (AvgIpc) is 2.50. The van der Waals surface area contributed by atoms with Gasteiger partial charge in [-0.1, -0.05) is 6.92 Å². The van der Waals surface area contributed by atoms with E-state index in [4.69, 9.17) is 5.11 Å². The summed E-state index contributed by atoms with van der Waals surface area (Å²) in [6, 6.07) is 0.424. The summed E-state index contributed by atoms with van der Waals surface area (Å²) in [5.74, 6) is -0.807. The van der Waals surface area contributed by atoms with Gasteiger partial charge in [0.15, 0.2) is 0 Å². The van der Waals surface area contributed by atoms with Crippen LogP contribution in [0.2, 0.25) is 0 Å². The molecule has 0 aromatic carbocycles. The Bertz CT molecular complexity index is 355. The highest BCUT2D eigenvalue weighted by Crippen LogP contribution is 2.19. The van der Waals surface area contributed by atoms with Crippen LogP contribution in [0.5, 0.6) is 0 Å². The second kappa shape index (κ2) is 4.02. The zero-order chi connectivity index (χ0) is 10.8. The number of rotatable bonds is 4. The van der Waals surface area contributed by atoms with E-state index in [0.29, 0.717) is 6.04 Å². The molecule has 1 aliphatic rings. The first kappa shape index (κ1) is 10.2. The first-order valence-corrected chi connectivity index (χ1v) is 5.16. The molecule has 1 fully saturated rings. The summed E-state index contributed by atoms with van der Waals surface area (Å²) in [7, 11) is 0. The van der Waals surface area contributed by atoms with Crippen molar-refractivity contribution in [2.24, 2.45) is 0 Å². The minimum Gasteiger partial charge on any atom is -0.481 e. The molecule has 0 atom stereocenters. The van der Waals surface area contributed by atoms with E-state index in [2.05, 4.69) is 16.9 Å². The van der Waals surface area contributed by atoms with Crippen molar-refractivity contribution in [2.75, 3.05) is 19.6 Å². The number of nitrogens with zero attached hydrogens (tertiary/aromatic N) is 3. The largest absolute Gasteiger partial charge is 0.481 e. The first-order chi connectivity index (χ1) is 7.19. The lowest BCUT2D eigenvalue weighted by molar-refractivity contribution is -0.136. The summed E-state index contributed by atoms with van der Waals surface area (Å²) in [4.78, 5) is 12.8. The van der Waals surface area contributed by atoms with Crippen molar-refractivity contribution >= 4 is 5.97 Å². The van der Waals surface area contributed by atoms with Crippen molar-refractivity contribution in [3.63, 3.8) is 0 Å². The first-order valence-electron chi connectivity index (χ1n) is 5.16. The van der Waals surface area contributed by atoms with Gasteiger partial charge in [-0.25, -0.2) is 0 Å². The van der Waals surface area contributed by atoms with E-state index < -0.39 is 5.97 Å². The summed E-state index contributed by atoms with van der Waals surface area (Å²) >= 11 is 0. The van der Waals surface area contributed by atoms with E-state index in [0.717, 1.165) is 25.2 Å². The summed E-state index contributed by atoms with van der Waals surface area (Å²) in [6.07, 6.45) is 3.54. The van der Waals surface area contributed by atoms with Gasteiger partial charge in [-0.15, -0.1) is 0 Å². The minimum atomic E-state index is -0.807.